The third-order valence-electron chi connectivity index (χ3n) is 2.72. The molecule has 0 saturated heterocycles. The summed E-state index contributed by atoms with van der Waals surface area (Å²) >= 11 is 0. The number of nitrogens with zero attached hydrogens (tertiary/aromatic N) is 1. The third kappa shape index (κ3) is 3.08. The van der Waals surface area contributed by atoms with Crippen LogP contribution in [-0.4, -0.2) is 23.4 Å². The number of H-pyrrole nitrogens is 1. The van der Waals surface area contributed by atoms with Crippen LogP contribution in [-0.2, 0) is 11.2 Å². The zero-order valence-electron chi connectivity index (χ0n) is 10.5. The number of aromatic amines is 1. The van der Waals surface area contributed by atoms with E-state index >= 15 is 0 Å². The SMILES string of the molecule is CCOCCc1[nH]nc(N)c1-c1cc(F)cc(F)c1. The van der Waals surface area contributed by atoms with Crippen molar-refractivity contribution in [3.05, 3.63) is 35.5 Å². The summed E-state index contributed by atoms with van der Waals surface area (Å²) < 4.78 is 31.8. The first-order valence-corrected chi connectivity index (χ1v) is 5.98. The van der Waals surface area contributed by atoms with Crippen molar-refractivity contribution in [1.82, 2.24) is 10.2 Å². The minimum atomic E-state index is -0.647. The second kappa shape index (κ2) is 5.79. The van der Waals surface area contributed by atoms with Crippen molar-refractivity contribution in [2.75, 3.05) is 18.9 Å². The van der Waals surface area contributed by atoms with Crippen LogP contribution in [0.3, 0.4) is 0 Å². The van der Waals surface area contributed by atoms with Crippen molar-refractivity contribution in [2.24, 2.45) is 0 Å². The van der Waals surface area contributed by atoms with Gasteiger partial charge in [-0.15, -0.1) is 0 Å². The molecule has 0 aliphatic rings. The van der Waals surface area contributed by atoms with Crippen LogP contribution in [0.4, 0.5) is 14.6 Å². The van der Waals surface area contributed by atoms with Gasteiger partial charge in [-0.1, -0.05) is 0 Å². The van der Waals surface area contributed by atoms with E-state index < -0.39 is 11.6 Å². The van der Waals surface area contributed by atoms with Crippen LogP contribution in [0.2, 0.25) is 0 Å². The van der Waals surface area contributed by atoms with Gasteiger partial charge in [-0.2, -0.15) is 5.10 Å². The molecule has 2 aromatic rings. The average molecular weight is 267 g/mol. The Morgan fingerprint density at radius 2 is 1.95 bits per heavy atom. The Balaban J connectivity index is 2.34. The van der Waals surface area contributed by atoms with Gasteiger partial charge in [-0.3, -0.25) is 5.10 Å². The second-order valence-electron chi connectivity index (χ2n) is 4.07. The Morgan fingerprint density at radius 1 is 1.26 bits per heavy atom. The lowest BCUT2D eigenvalue weighted by Gasteiger charge is -2.05. The Hall–Kier alpha value is -1.95. The molecular weight excluding hydrogens is 252 g/mol. The number of nitrogens with two attached hydrogens (primary N) is 1. The molecular formula is C13H15F2N3O. The van der Waals surface area contributed by atoms with Gasteiger partial charge in [0, 0.05) is 30.4 Å². The van der Waals surface area contributed by atoms with Gasteiger partial charge >= 0.3 is 0 Å². The van der Waals surface area contributed by atoms with Crippen LogP contribution < -0.4 is 5.73 Å². The maximum absolute atomic E-state index is 13.3. The number of rotatable bonds is 5. The lowest BCUT2D eigenvalue weighted by Crippen LogP contribution is -2.00. The smallest absolute Gasteiger partial charge is 0.153 e. The van der Waals surface area contributed by atoms with E-state index in [2.05, 4.69) is 10.2 Å². The predicted molar refractivity (Wildman–Crippen MR) is 68.5 cm³/mol. The zero-order valence-corrected chi connectivity index (χ0v) is 10.5. The fourth-order valence-electron chi connectivity index (χ4n) is 1.91. The number of hydrogen-bond donors (Lipinski definition) is 2. The maximum Gasteiger partial charge on any atom is 0.153 e. The first kappa shape index (κ1) is 13.5. The molecule has 1 aromatic carbocycles. The first-order chi connectivity index (χ1) is 9.11. The van der Waals surface area contributed by atoms with Crippen LogP contribution in [0.5, 0.6) is 0 Å². The number of nitrogens with one attached hydrogen (secondary N) is 1. The molecule has 0 aliphatic heterocycles. The van der Waals surface area contributed by atoms with Crippen molar-refractivity contribution in [3.8, 4) is 11.1 Å². The van der Waals surface area contributed by atoms with Crippen LogP contribution >= 0.6 is 0 Å². The molecule has 2 rings (SSSR count). The summed E-state index contributed by atoms with van der Waals surface area (Å²) in [6.45, 7) is 2.99. The Kier molecular flexibility index (Phi) is 4.11. The van der Waals surface area contributed by atoms with E-state index in [1.807, 2.05) is 6.92 Å². The number of ether oxygens (including phenoxy) is 1. The lowest BCUT2D eigenvalue weighted by molar-refractivity contribution is 0.150. The fourth-order valence-corrected chi connectivity index (χ4v) is 1.91. The van der Waals surface area contributed by atoms with Gasteiger partial charge in [0.15, 0.2) is 5.82 Å². The molecule has 0 unspecified atom stereocenters. The highest BCUT2D eigenvalue weighted by Gasteiger charge is 2.14. The largest absolute Gasteiger partial charge is 0.382 e. The molecule has 1 aromatic heterocycles. The quantitative estimate of drug-likeness (QED) is 0.818. The third-order valence-corrected chi connectivity index (χ3v) is 2.72. The number of anilines is 1. The summed E-state index contributed by atoms with van der Waals surface area (Å²) in [7, 11) is 0. The standard InChI is InChI=1S/C13H15F2N3O/c1-2-19-4-3-11-12(13(16)18-17-11)8-5-9(14)7-10(15)6-8/h5-7H,2-4H2,1H3,(H3,16,17,18). The molecule has 19 heavy (non-hydrogen) atoms. The molecule has 0 atom stereocenters. The van der Waals surface area contributed by atoms with E-state index in [4.69, 9.17) is 10.5 Å². The molecule has 0 radical (unpaired) electrons. The molecule has 0 spiro atoms. The maximum atomic E-state index is 13.3. The van der Waals surface area contributed by atoms with E-state index in [9.17, 15) is 8.78 Å². The molecule has 0 bridgehead atoms. The van der Waals surface area contributed by atoms with E-state index in [-0.39, 0.29) is 5.82 Å². The normalized spacial score (nSPS) is 10.9. The van der Waals surface area contributed by atoms with Crippen LogP contribution in [0.25, 0.3) is 11.1 Å². The number of benzene rings is 1. The summed E-state index contributed by atoms with van der Waals surface area (Å²) in [4.78, 5) is 0. The van der Waals surface area contributed by atoms with Crippen molar-refractivity contribution >= 4 is 5.82 Å². The monoisotopic (exact) mass is 267 g/mol. The summed E-state index contributed by atoms with van der Waals surface area (Å²) in [5, 5.41) is 6.65. The van der Waals surface area contributed by atoms with Crippen LogP contribution in [0.1, 0.15) is 12.6 Å². The number of halogens is 2. The fraction of sp³-hybridized carbons (Fsp3) is 0.308. The molecule has 4 nitrogen and oxygen atoms in total. The van der Waals surface area contributed by atoms with E-state index in [1.165, 1.54) is 12.1 Å². The molecule has 3 N–H and O–H groups in total. The first-order valence-electron chi connectivity index (χ1n) is 5.98. The van der Waals surface area contributed by atoms with Gasteiger partial charge in [-0.05, 0) is 24.6 Å². The molecule has 0 aliphatic carbocycles. The molecule has 1 heterocycles. The Labute approximate surface area is 109 Å². The summed E-state index contributed by atoms with van der Waals surface area (Å²) in [5.41, 5.74) is 7.35. The van der Waals surface area contributed by atoms with Gasteiger partial charge in [0.1, 0.15) is 11.6 Å². The van der Waals surface area contributed by atoms with Crippen molar-refractivity contribution in [1.29, 1.82) is 0 Å². The molecule has 0 amide bonds. The minimum absolute atomic E-state index is 0.219. The predicted octanol–water partition coefficient (Wildman–Crippen LogP) is 2.52. The van der Waals surface area contributed by atoms with Crippen molar-refractivity contribution in [3.63, 3.8) is 0 Å². The highest BCUT2D eigenvalue weighted by molar-refractivity contribution is 5.76. The van der Waals surface area contributed by atoms with Crippen molar-refractivity contribution < 1.29 is 13.5 Å². The zero-order chi connectivity index (χ0) is 13.8. The van der Waals surface area contributed by atoms with Gasteiger partial charge in [-0.25, -0.2) is 8.78 Å². The van der Waals surface area contributed by atoms with Gasteiger partial charge in [0.25, 0.3) is 0 Å². The topological polar surface area (TPSA) is 63.9 Å². The van der Waals surface area contributed by atoms with E-state index in [1.54, 1.807) is 0 Å². The van der Waals surface area contributed by atoms with Crippen molar-refractivity contribution in [2.45, 2.75) is 13.3 Å². The summed E-state index contributed by atoms with van der Waals surface area (Å²) in [6, 6.07) is 3.28. The van der Waals surface area contributed by atoms with E-state index in [0.717, 1.165) is 6.07 Å². The summed E-state index contributed by atoms with van der Waals surface area (Å²) in [5.74, 6) is -1.07. The second-order valence-corrected chi connectivity index (χ2v) is 4.07. The molecule has 0 saturated carbocycles. The van der Waals surface area contributed by atoms with Crippen LogP contribution in [0.15, 0.2) is 18.2 Å². The number of aromatic nitrogens is 2. The Morgan fingerprint density at radius 3 is 2.58 bits per heavy atom. The van der Waals surface area contributed by atoms with Gasteiger partial charge < -0.3 is 10.5 Å². The number of nitrogen functional groups attached to an aromatic ring is 1. The van der Waals surface area contributed by atoms with Gasteiger partial charge in [0.05, 0.1) is 6.61 Å². The highest BCUT2D eigenvalue weighted by atomic mass is 19.1. The molecule has 0 fully saturated rings. The molecule has 102 valence electrons. The van der Waals surface area contributed by atoms with Crippen LogP contribution in [0, 0.1) is 11.6 Å². The lowest BCUT2D eigenvalue weighted by atomic mass is 10.0. The number of hydrogen-bond acceptors (Lipinski definition) is 3. The summed E-state index contributed by atoms with van der Waals surface area (Å²) in [6.07, 6.45) is 0.547. The highest BCUT2D eigenvalue weighted by Crippen LogP contribution is 2.29. The molecule has 6 heteroatoms. The Bertz CT molecular complexity index is 549. The average Bonchev–Trinajstić information content (AvgIpc) is 2.70. The van der Waals surface area contributed by atoms with E-state index in [0.29, 0.717) is 36.5 Å². The van der Waals surface area contributed by atoms with Gasteiger partial charge in [0.2, 0.25) is 0 Å². The minimum Gasteiger partial charge on any atom is -0.382 e.